The van der Waals surface area contributed by atoms with E-state index >= 15 is 0 Å². The highest BCUT2D eigenvalue weighted by atomic mass is 35.5. The van der Waals surface area contributed by atoms with Crippen LogP contribution in [0.3, 0.4) is 0 Å². The Balaban J connectivity index is 0.000000176. The molecule has 8 rings (SSSR count). The first kappa shape index (κ1) is 35.6. The molecule has 0 saturated carbocycles. The maximum Gasteiger partial charge on any atom is 0.227 e. The number of aryl methyl sites for hydroxylation is 2. The number of sulfone groups is 2. The molecule has 7 heterocycles. The molecule has 0 aliphatic carbocycles. The number of hydrogen-bond donors (Lipinski definition) is 2. The lowest BCUT2D eigenvalue weighted by Crippen LogP contribution is -2.35. The summed E-state index contributed by atoms with van der Waals surface area (Å²) in [5, 5.41) is 7.43. The molecule has 3 saturated heterocycles. The van der Waals surface area contributed by atoms with Crippen molar-refractivity contribution >= 4 is 60.5 Å². The van der Waals surface area contributed by atoms with Crippen LogP contribution in [-0.2, 0) is 42.0 Å². The molecule has 50 heavy (non-hydrogen) atoms. The van der Waals surface area contributed by atoms with E-state index in [4.69, 9.17) is 37.7 Å². The number of nitrogens with one attached hydrogen (secondary N) is 2. The van der Waals surface area contributed by atoms with E-state index in [9.17, 15) is 16.8 Å². The van der Waals surface area contributed by atoms with Gasteiger partial charge in [0.05, 0.1) is 22.9 Å². The molecular weight excluding hydrogens is 725 g/mol. The zero-order valence-electron chi connectivity index (χ0n) is 27.6. The highest BCUT2D eigenvalue weighted by Crippen LogP contribution is 2.36. The number of hydrogen-bond acceptors (Lipinski definition) is 13. The van der Waals surface area contributed by atoms with Crippen molar-refractivity contribution in [1.82, 2.24) is 19.9 Å². The number of anilines is 3. The van der Waals surface area contributed by atoms with Gasteiger partial charge in [0.25, 0.3) is 0 Å². The molecule has 2 aromatic heterocycles. The second-order valence-corrected chi connectivity index (χ2v) is 18.1. The lowest BCUT2D eigenvalue weighted by Gasteiger charge is -2.33. The van der Waals surface area contributed by atoms with E-state index in [0.717, 1.165) is 56.6 Å². The molecule has 2 N–H and O–H groups in total. The summed E-state index contributed by atoms with van der Waals surface area (Å²) in [6.45, 7) is 4.40. The molecule has 0 atom stereocenters. The number of aromatic nitrogens is 4. The van der Waals surface area contributed by atoms with Gasteiger partial charge in [0.2, 0.25) is 11.2 Å². The van der Waals surface area contributed by atoms with Crippen LogP contribution in [0.1, 0.15) is 61.4 Å². The van der Waals surface area contributed by atoms with Gasteiger partial charge in [-0.1, -0.05) is 23.7 Å². The van der Waals surface area contributed by atoms with Crippen LogP contribution in [-0.4, -0.2) is 99.9 Å². The molecule has 0 unspecified atom stereocenters. The number of benzene rings is 1. The van der Waals surface area contributed by atoms with Crippen LogP contribution < -0.4 is 15.5 Å². The van der Waals surface area contributed by atoms with Gasteiger partial charge in [0, 0.05) is 69.5 Å². The van der Waals surface area contributed by atoms with E-state index in [1.807, 2.05) is 12.1 Å². The van der Waals surface area contributed by atoms with E-state index in [0.29, 0.717) is 79.1 Å². The maximum absolute atomic E-state index is 12.7. The average Bonchev–Trinajstić information content (AvgIpc) is 3.60. The van der Waals surface area contributed by atoms with Crippen LogP contribution in [0, 0.1) is 0 Å². The summed E-state index contributed by atoms with van der Waals surface area (Å²) < 4.78 is 60.1. The predicted molar refractivity (Wildman–Crippen MR) is 191 cm³/mol. The van der Waals surface area contributed by atoms with Crippen LogP contribution in [0.4, 0.5) is 17.6 Å². The van der Waals surface area contributed by atoms with Crippen LogP contribution in [0.2, 0.25) is 10.3 Å². The summed E-state index contributed by atoms with van der Waals surface area (Å²) in [6.07, 6.45) is 6.22. The Labute approximate surface area is 302 Å². The number of ether oxygens (including phenoxy) is 2. The molecule has 3 fully saturated rings. The van der Waals surface area contributed by atoms with Crippen molar-refractivity contribution in [3.8, 4) is 0 Å². The van der Waals surface area contributed by atoms with Crippen molar-refractivity contribution in [2.45, 2.75) is 79.2 Å². The Kier molecular flexibility index (Phi) is 10.7. The molecule has 270 valence electrons. The van der Waals surface area contributed by atoms with Crippen LogP contribution in [0.15, 0.2) is 34.1 Å². The molecule has 0 bridgehead atoms. The Morgan fingerprint density at radius 2 is 1.16 bits per heavy atom. The molecule has 0 spiro atoms. The summed E-state index contributed by atoms with van der Waals surface area (Å²) in [7, 11) is -6.61. The first-order valence-corrected chi connectivity index (χ1v) is 21.2. The van der Waals surface area contributed by atoms with Crippen LogP contribution in [0.25, 0.3) is 0 Å². The average molecular weight is 767 g/mol. The van der Waals surface area contributed by atoms with Crippen molar-refractivity contribution in [2.75, 3.05) is 66.6 Å². The predicted octanol–water partition coefficient (Wildman–Crippen LogP) is 4.49. The highest BCUT2D eigenvalue weighted by molar-refractivity contribution is 7.92. The largest absolute Gasteiger partial charge is 0.381 e. The lowest BCUT2D eigenvalue weighted by atomic mass is 9.89. The van der Waals surface area contributed by atoms with Crippen LogP contribution in [0.5, 0.6) is 0 Å². The lowest BCUT2D eigenvalue weighted by molar-refractivity contribution is 0.0902. The van der Waals surface area contributed by atoms with E-state index in [2.05, 4.69) is 42.6 Å². The number of rotatable bonds is 6. The fourth-order valence-electron chi connectivity index (χ4n) is 7.16. The number of halogens is 2. The Morgan fingerprint density at radius 3 is 1.70 bits per heavy atom. The molecule has 1 aromatic carbocycles. The van der Waals surface area contributed by atoms with Gasteiger partial charge in [-0.2, -0.15) is 9.97 Å². The zero-order chi connectivity index (χ0) is 34.9. The topological polar surface area (TPSA) is 166 Å². The summed E-state index contributed by atoms with van der Waals surface area (Å²) in [6, 6.07) is 8.44. The van der Waals surface area contributed by atoms with Gasteiger partial charge in [0.15, 0.2) is 25.5 Å². The third-order valence-corrected chi connectivity index (χ3v) is 13.9. The Hall–Kier alpha value is -2.82. The summed E-state index contributed by atoms with van der Waals surface area (Å²) >= 11 is 11.9. The molecule has 5 aliphatic rings. The van der Waals surface area contributed by atoms with Gasteiger partial charge in [-0.05, 0) is 73.7 Å². The molecule has 0 radical (unpaired) electrons. The minimum absolute atomic E-state index is 0.0831. The second kappa shape index (κ2) is 15.0. The normalized spacial score (nSPS) is 21.9. The first-order valence-electron chi connectivity index (χ1n) is 17.2. The van der Waals surface area contributed by atoms with Crippen molar-refractivity contribution in [1.29, 1.82) is 0 Å². The number of piperidine rings is 1. The monoisotopic (exact) mass is 765 g/mol. The summed E-state index contributed by atoms with van der Waals surface area (Å²) in [5.41, 5.74) is 2.49. The van der Waals surface area contributed by atoms with Crippen molar-refractivity contribution in [2.24, 2.45) is 0 Å². The van der Waals surface area contributed by atoms with Crippen LogP contribution >= 0.6 is 23.2 Å². The van der Waals surface area contributed by atoms with E-state index in [-0.39, 0.29) is 33.8 Å². The van der Waals surface area contributed by atoms with Crippen molar-refractivity contribution < 1.29 is 26.3 Å². The van der Waals surface area contributed by atoms with Gasteiger partial charge < -0.3 is 25.0 Å². The molecule has 5 aliphatic heterocycles. The quantitative estimate of drug-likeness (QED) is 0.338. The van der Waals surface area contributed by atoms with E-state index in [1.54, 1.807) is 0 Å². The maximum atomic E-state index is 12.7. The second-order valence-electron chi connectivity index (χ2n) is 13.3. The Bertz CT molecular complexity index is 1920. The number of fused-ring (bicyclic) bond motifs is 2. The fourth-order valence-corrected chi connectivity index (χ4v) is 10.6. The fraction of sp³-hybridized carbons (Fsp3) is 0.576. The van der Waals surface area contributed by atoms with Gasteiger partial charge >= 0.3 is 0 Å². The minimum atomic E-state index is -3.33. The zero-order valence-corrected chi connectivity index (χ0v) is 30.8. The molecule has 0 amide bonds. The van der Waals surface area contributed by atoms with Gasteiger partial charge in [-0.25, -0.2) is 26.8 Å². The Morgan fingerprint density at radius 1 is 0.660 bits per heavy atom. The number of nitrogens with zero attached hydrogens (tertiary/aromatic N) is 5. The highest BCUT2D eigenvalue weighted by Gasteiger charge is 2.35. The molecule has 13 nitrogen and oxygen atoms in total. The molecule has 3 aromatic rings. The molecular formula is C33H41Cl2N7O6S2. The van der Waals surface area contributed by atoms with Gasteiger partial charge in [-0.3, -0.25) is 0 Å². The summed E-state index contributed by atoms with van der Waals surface area (Å²) in [5.74, 6) is 2.15. The van der Waals surface area contributed by atoms with Gasteiger partial charge in [-0.15, -0.1) is 0 Å². The standard InChI is InChI=1S/C22H27ClN4O3S.C11H14ClN3O3S/c23-17-3-1-15(2-4-17)16-5-10-27(11-6-16)22-25-19-9-14-31(28,29)20(19)21(26-22)24-18-7-12-30-13-8-18;12-11-14-8-3-6-19(16,17)9(8)10(15-11)13-7-1-4-18-5-2-7/h1-4,16,18H,5-14H2,(H,24,25,26);7H,1-6H2,(H,13,14,15). The van der Waals surface area contributed by atoms with E-state index in [1.165, 1.54) is 5.56 Å². The van der Waals surface area contributed by atoms with Gasteiger partial charge in [0.1, 0.15) is 15.6 Å². The smallest absolute Gasteiger partial charge is 0.227 e. The molecule has 17 heteroatoms. The van der Waals surface area contributed by atoms with E-state index < -0.39 is 19.7 Å². The SMILES string of the molecule is O=S1(=O)CCc2nc(Cl)nc(NC3CCOCC3)c21.O=S1(=O)CCc2nc(N3CCC(c4ccc(Cl)cc4)CC3)nc(NC3CCOCC3)c21. The summed E-state index contributed by atoms with van der Waals surface area (Å²) in [4.78, 5) is 20.2. The van der Waals surface area contributed by atoms with Crippen molar-refractivity contribution in [3.05, 3.63) is 51.5 Å². The first-order chi connectivity index (χ1) is 24.1. The minimum Gasteiger partial charge on any atom is -0.381 e. The third kappa shape index (κ3) is 7.97. The third-order valence-electron chi connectivity index (χ3n) is 9.91. The van der Waals surface area contributed by atoms with Crippen molar-refractivity contribution in [3.63, 3.8) is 0 Å².